The second-order valence-corrected chi connectivity index (χ2v) is 1.41. The molecule has 1 N–H and O–H groups in total. The Morgan fingerprint density at radius 1 is 2.00 bits per heavy atom. The zero-order valence-electron chi connectivity index (χ0n) is 4.84. The smallest absolute Gasteiger partial charge is 0.273 e. The van der Waals surface area contributed by atoms with Gasteiger partial charge in [0.25, 0.3) is 5.91 Å². The Bertz CT molecular complexity index is 193. The first kappa shape index (κ1) is 5.81. The van der Waals surface area contributed by atoms with Crippen LogP contribution in [-0.4, -0.2) is 18.1 Å². The van der Waals surface area contributed by atoms with Crippen molar-refractivity contribution in [1.82, 2.24) is 10.5 Å². The van der Waals surface area contributed by atoms with E-state index in [4.69, 9.17) is 0 Å². The maximum Gasteiger partial charge on any atom is 0.273 e. The van der Waals surface area contributed by atoms with Crippen LogP contribution < -0.4 is 5.32 Å². The lowest BCUT2D eigenvalue weighted by atomic mass is 10.4. The molecule has 1 amide bonds. The predicted octanol–water partition coefficient (Wildman–Crippen LogP) is -0.166. The molecule has 0 saturated heterocycles. The fourth-order valence-electron chi connectivity index (χ4n) is 0.419. The lowest BCUT2D eigenvalue weighted by molar-refractivity contribution is 0.0954. The van der Waals surface area contributed by atoms with E-state index in [1.807, 2.05) is 0 Å². The van der Waals surface area contributed by atoms with Gasteiger partial charge in [-0.25, -0.2) is 0 Å². The van der Waals surface area contributed by atoms with E-state index in [1.165, 1.54) is 13.1 Å². The van der Waals surface area contributed by atoms with Crippen molar-refractivity contribution in [2.24, 2.45) is 0 Å². The van der Waals surface area contributed by atoms with E-state index < -0.39 is 0 Å². The van der Waals surface area contributed by atoms with Crippen LogP contribution in [-0.2, 0) is 0 Å². The van der Waals surface area contributed by atoms with Gasteiger partial charge in [-0.1, -0.05) is 5.16 Å². The summed E-state index contributed by atoms with van der Waals surface area (Å²) in [5.41, 5.74) is 0.248. The number of nitrogens with one attached hydrogen (secondary N) is 1. The van der Waals surface area contributed by atoms with Gasteiger partial charge in [0.05, 0.1) is 0 Å². The summed E-state index contributed by atoms with van der Waals surface area (Å²) in [6.45, 7) is 0. The molecule has 1 radical (unpaired) electrons. The quantitative estimate of drug-likeness (QED) is 0.567. The molecular formula is C5H5N2O2. The molecule has 1 heterocycles. The number of hydrogen-bond acceptors (Lipinski definition) is 3. The molecule has 4 heteroatoms. The highest BCUT2D eigenvalue weighted by Gasteiger charge is 2.04. The summed E-state index contributed by atoms with van der Waals surface area (Å²) in [6, 6.07) is 1.37. The van der Waals surface area contributed by atoms with Gasteiger partial charge in [-0.3, -0.25) is 4.79 Å². The Hall–Kier alpha value is -1.32. The Morgan fingerprint density at radius 2 is 2.78 bits per heavy atom. The highest BCUT2D eigenvalue weighted by molar-refractivity contribution is 5.91. The van der Waals surface area contributed by atoms with E-state index in [2.05, 4.69) is 21.3 Å². The molecule has 0 aliphatic rings. The van der Waals surface area contributed by atoms with Gasteiger partial charge in [0, 0.05) is 13.1 Å². The summed E-state index contributed by atoms with van der Waals surface area (Å²) in [5.74, 6) is -0.264. The van der Waals surface area contributed by atoms with Crippen LogP contribution in [0, 0.1) is 6.26 Å². The standard InChI is InChI=1S/C5H5N2O2/c1-6-5(8)4-2-3-9-7-4/h2H,1H3,(H,6,8). The fourth-order valence-corrected chi connectivity index (χ4v) is 0.419. The van der Waals surface area contributed by atoms with Crippen molar-refractivity contribution in [2.75, 3.05) is 7.05 Å². The third-order valence-electron chi connectivity index (χ3n) is 0.852. The number of carbonyl (C=O) groups is 1. The van der Waals surface area contributed by atoms with Crippen molar-refractivity contribution >= 4 is 5.91 Å². The highest BCUT2D eigenvalue weighted by atomic mass is 16.5. The first-order valence-electron chi connectivity index (χ1n) is 2.39. The number of nitrogens with zero attached hydrogens (tertiary/aromatic N) is 1. The lowest BCUT2D eigenvalue weighted by Gasteiger charge is -1.88. The largest absolute Gasteiger partial charge is 0.354 e. The Balaban J connectivity index is 2.77. The maximum absolute atomic E-state index is 10.6. The van der Waals surface area contributed by atoms with Crippen molar-refractivity contribution in [1.29, 1.82) is 0 Å². The Morgan fingerprint density at radius 3 is 3.22 bits per heavy atom. The monoisotopic (exact) mass is 125 g/mol. The van der Waals surface area contributed by atoms with Gasteiger partial charge >= 0.3 is 0 Å². The van der Waals surface area contributed by atoms with E-state index in [1.54, 1.807) is 0 Å². The number of hydrogen-bond donors (Lipinski definition) is 1. The summed E-state index contributed by atoms with van der Waals surface area (Å²) < 4.78 is 4.30. The van der Waals surface area contributed by atoms with Crippen LogP contribution in [0.2, 0.25) is 0 Å². The number of amides is 1. The van der Waals surface area contributed by atoms with Crippen molar-refractivity contribution in [3.05, 3.63) is 18.0 Å². The minimum absolute atomic E-state index is 0.248. The summed E-state index contributed by atoms with van der Waals surface area (Å²) in [5, 5.41) is 5.73. The van der Waals surface area contributed by atoms with E-state index in [-0.39, 0.29) is 11.6 Å². The summed E-state index contributed by atoms with van der Waals surface area (Å²) >= 11 is 0. The molecule has 0 atom stereocenters. The van der Waals surface area contributed by atoms with Crippen molar-refractivity contribution in [3.63, 3.8) is 0 Å². The summed E-state index contributed by atoms with van der Waals surface area (Å²) in [6.07, 6.45) is 2.30. The first-order valence-corrected chi connectivity index (χ1v) is 2.39. The normalized spacial score (nSPS) is 9.00. The van der Waals surface area contributed by atoms with Gasteiger partial charge < -0.3 is 9.84 Å². The van der Waals surface area contributed by atoms with Crippen LogP contribution in [0.4, 0.5) is 0 Å². The highest BCUT2D eigenvalue weighted by Crippen LogP contribution is 1.90. The van der Waals surface area contributed by atoms with Crippen LogP contribution in [0.1, 0.15) is 10.5 Å². The summed E-state index contributed by atoms with van der Waals surface area (Å²) in [7, 11) is 1.52. The van der Waals surface area contributed by atoms with Gasteiger partial charge in [-0.05, 0) is 0 Å². The Kier molecular flexibility index (Phi) is 1.48. The van der Waals surface area contributed by atoms with Crippen LogP contribution in [0.3, 0.4) is 0 Å². The average Bonchev–Trinajstić information content (AvgIpc) is 2.37. The van der Waals surface area contributed by atoms with E-state index >= 15 is 0 Å². The average molecular weight is 125 g/mol. The molecule has 9 heavy (non-hydrogen) atoms. The second kappa shape index (κ2) is 2.30. The predicted molar refractivity (Wildman–Crippen MR) is 28.7 cm³/mol. The van der Waals surface area contributed by atoms with Crippen LogP contribution >= 0.6 is 0 Å². The molecule has 0 fully saturated rings. The SMILES string of the molecule is CNC(=O)c1c[c]on1. The zero-order chi connectivity index (χ0) is 6.69. The molecule has 0 spiro atoms. The molecule has 0 aromatic carbocycles. The summed E-state index contributed by atoms with van der Waals surface area (Å²) in [4.78, 5) is 10.6. The molecule has 0 bridgehead atoms. The van der Waals surface area contributed by atoms with Gasteiger partial charge in [0.15, 0.2) is 5.69 Å². The third-order valence-corrected chi connectivity index (χ3v) is 0.852. The minimum Gasteiger partial charge on any atom is -0.354 e. The Labute approximate surface area is 51.8 Å². The van der Waals surface area contributed by atoms with Crippen LogP contribution in [0.25, 0.3) is 0 Å². The number of carbonyl (C=O) groups excluding carboxylic acids is 1. The zero-order valence-corrected chi connectivity index (χ0v) is 4.84. The number of rotatable bonds is 1. The van der Waals surface area contributed by atoms with Crippen molar-refractivity contribution < 1.29 is 9.32 Å². The van der Waals surface area contributed by atoms with E-state index in [0.717, 1.165) is 0 Å². The topological polar surface area (TPSA) is 55.1 Å². The fraction of sp³-hybridized carbons (Fsp3) is 0.200. The van der Waals surface area contributed by atoms with E-state index in [0.29, 0.717) is 0 Å². The van der Waals surface area contributed by atoms with Crippen molar-refractivity contribution in [3.8, 4) is 0 Å². The molecule has 1 aromatic heterocycles. The minimum atomic E-state index is -0.264. The van der Waals surface area contributed by atoms with Crippen LogP contribution in [0.5, 0.6) is 0 Å². The second-order valence-electron chi connectivity index (χ2n) is 1.41. The van der Waals surface area contributed by atoms with Gasteiger partial charge in [0.1, 0.15) is 0 Å². The molecular weight excluding hydrogens is 120 g/mol. The molecule has 47 valence electrons. The van der Waals surface area contributed by atoms with Crippen LogP contribution in [0.15, 0.2) is 10.6 Å². The molecule has 0 saturated carbocycles. The molecule has 1 aromatic rings. The van der Waals surface area contributed by atoms with Gasteiger partial charge in [-0.2, -0.15) is 0 Å². The molecule has 0 aliphatic heterocycles. The molecule has 0 aliphatic carbocycles. The molecule has 0 unspecified atom stereocenters. The van der Waals surface area contributed by atoms with Gasteiger partial charge in [-0.15, -0.1) is 0 Å². The maximum atomic E-state index is 10.6. The third kappa shape index (κ3) is 1.07. The van der Waals surface area contributed by atoms with Gasteiger partial charge in [0.2, 0.25) is 6.26 Å². The lowest BCUT2D eigenvalue weighted by Crippen LogP contribution is -2.17. The molecule has 4 nitrogen and oxygen atoms in total. The first-order chi connectivity index (χ1) is 4.34. The van der Waals surface area contributed by atoms with E-state index in [9.17, 15) is 4.79 Å². The number of aromatic nitrogens is 1. The molecule has 1 rings (SSSR count). The van der Waals surface area contributed by atoms with Crippen molar-refractivity contribution in [2.45, 2.75) is 0 Å².